The van der Waals surface area contributed by atoms with E-state index in [9.17, 15) is 14.9 Å². The van der Waals surface area contributed by atoms with Crippen LogP contribution in [0, 0.1) is 17.0 Å². The molecule has 2 aromatic rings. The third-order valence-corrected chi connectivity index (χ3v) is 3.17. The molecule has 0 bridgehead atoms. The number of nitrogens with zero attached hydrogens (tertiary/aromatic N) is 1. The molecule has 0 amide bonds. The highest BCUT2D eigenvalue weighted by atomic mass is 35.5. The number of nitro groups is 1. The molecule has 0 fully saturated rings. The molecule has 0 spiro atoms. The van der Waals surface area contributed by atoms with Crippen LogP contribution in [0.5, 0.6) is 0 Å². The second-order valence-corrected chi connectivity index (χ2v) is 4.81. The fourth-order valence-corrected chi connectivity index (χ4v) is 1.98. The smallest absolute Gasteiger partial charge is 0.337 e. The van der Waals surface area contributed by atoms with Gasteiger partial charge >= 0.3 is 5.97 Å². The van der Waals surface area contributed by atoms with Crippen molar-refractivity contribution in [1.29, 1.82) is 0 Å². The van der Waals surface area contributed by atoms with E-state index >= 15 is 0 Å². The van der Waals surface area contributed by atoms with E-state index in [1.54, 1.807) is 18.2 Å². The van der Waals surface area contributed by atoms with Gasteiger partial charge in [-0.3, -0.25) is 10.1 Å². The number of rotatable bonds is 4. The molecule has 0 aliphatic heterocycles. The molecule has 0 radical (unpaired) electrons. The molecular formula is C14H11ClN2O4. The number of non-ortho nitro benzene ring substituents is 1. The predicted octanol–water partition coefficient (Wildman–Crippen LogP) is 4.00. The average Bonchev–Trinajstić information content (AvgIpc) is 2.42. The number of aromatic carboxylic acids is 1. The Morgan fingerprint density at radius 1 is 1.24 bits per heavy atom. The third-order valence-electron chi connectivity index (χ3n) is 2.84. The summed E-state index contributed by atoms with van der Waals surface area (Å²) in [6, 6.07) is 8.70. The molecule has 0 aliphatic carbocycles. The highest BCUT2D eigenvalue weighted by Gasteiger charge is 2.16. The zero-order valence-electron chi connectivity index (χ0n) is 11.0. The van der Waals surface area contributed by atoms with Gasteiger partial charge in [0.05, 0.1) is 26.9 Å². The molecule has 108 valence electrons. The summed E-state index contributed by atoms with van der Waals surface area (Å²) in [5.74, 6) is -1.18. The molecule has 2 aromatic carbocycles. The van der Waals surface area contributed by atoms with Crippen LogP contribution in [0.1, 0.15) is 15.9 Å². The number of aryl methyl sites for hydroxylation is 1. The highest BCUT2D eigenvalue weighted by Crippen LogP contribution is 2.30. The highest BCUT2D eigenvalue weighted by molar-refractivity contribution is 6.33. The topological polar surface area (TPSA) is 92.5 Å². The van der Waals surface area contributed by atoms with Crippen LogP contribution in [0.15, 0.2) is 36.4 Å². The summed E-state index contributed by atoms with van der Waals surface area (Å²) in [4.78, 5) is 21.4. The van der Waals surface area contributed by atoms with E-state index < -0.39 is 10.9 Å². The Labute approximate surface area is 125 Å². The SMILES string of the molecule is Cc1ccc(Cl)c(Nc2cc([N+](=O)[O-])ccc2C(=O)O)c1. The van der Waals surface area contributed by atoms with Crippen LogP contribution in [-0.2, 0) is 0 Å². The first kappa shape index (κ1) is 14.8. The fraction of sp³-hybridized carbons (Fsp3) is 0.0714. The molecule has 0 saturated heterocycles. The summed E-state index contributed by atoms with van der Waals surface area (Å²) in [7, 11) is 0. The van der Waals surface area contributed by atoms with Crippen LogP contribution >= 0.6 is 11.6 Å². The zero-order chi connectivity index (χ0) is 15.6. The molecule has 0 unspecified atom stereocenters. The van der Waals surface area contributed by atoms with Gasteiger partial charge in [0.25, 0.3) is 5.69 Å². The van der Waals surface area contributed by atoms with Gasteiger partial charge in [-0.1, -0.05) is 17.7 Å². The van der Waals surface area contributed by atoms with Crippen LogP contribution in [-0.4, -0.2) is 16.0 Å². The van der Waals surface area contributed by atoms with Crippen LogP contribution in [0.3, 0.4) is 0 Å². The number of halogens is 1. The summed E-state index contributed by atoms with van der Waals surface area (Å²) >= 11 is 6.04. The summed E-state index contributed by atoms with van der Waals surface area (Å²) in [5.41, 5.74) is 1.25. The number of hydrogen-bond donors (Lipinski definition) is 2. The first-order valence-corrected chi connectivity index (χ1v) is 6.31. The van der Waals surface area contributed by atoms with Crippen molar-refractivity contribution in [3.8, 4) is 0 Å². The fourth-order valence-electron chi connectivity index (χ4n) is 1.82. The Morgan fingerprint density at radius 3 is 2.57 bits per heavy atom. The van der Waals surface area contributed by atoms with Gasteiger partial charge in [0, 0.05) is 12.1 Å². The lowest BCUT2D eigenvalue weighted by Crippen LogP contribution is -2.04. The molecule has 0 atom stereocenters. The molecule has 0 aliphatic rings. The van der Waals surface area contributed by atoms with Gasteiger partial charge in [0.1, 0.15) is 0 Å². The van der Waals surface area contributed by atoms with Gasteiger partial charge in [-0.2, -0.15) is 0 Å². The Bertz CT molecular complexity index is 731. The minimum absolute atomic E-state index is 0.0711. The Morgan fingerprint density at radius 2 is 1.95 bits per heavy atom. The lowest BCUT2D eigenvalue weighted by Gasteiger charge is -2.11. The maximum Gasteiger partial charge on any atom is 0.337 e. The van der Waals surface area contributed by atoms with E-state index in [1.807, 2.05) is 6.92 Å². The average molecular weight is 307 g/mol. The normalized spacial score (nSPS) is 10.2. The van der Waals surface area contributed by atoms with Crippen molar-refractivity contribution in [2.24, 2.45) is 0 Å². The number of nitrogens with one attached hydrogen (secondary N) is 1. The number of carboxylic acid groups (broad SMARTS) is 1. The predicted molar refractivity (Wildman–Crippen MR) is 79.5 cm³/mol. The quantitative estimate of drug-likeness (QED) is 0.658. The number of anilines is 2. The maximum absolute atomic E-state index is 11.2. The first-order chi connectivity index (χ1) is 9.88. The minimum atomic E-state index is -1.18. The molecule has 0 saturated carbocycles. The molecule has 6 nitrogen and oxygen atoms in total. The molecule has 0 heterocycles. The largest absolute Gasteiger partial charge is 0.478 e. The van der Waals surface area contributed by atoms with Crippen molar-refractivity contribution in [2.75, 3.05) is 5.32 Å². The second-order valence-electron chi connectivity index (χ2n) is 4.40. The number of benzene rings is 2. The third kappa shape index (κ3) is 3.29. The van der Waals surface area contributed by atoms with Crippen LogP contribution < -0.4 is 5.32 Å². The van der Waals surface area contributed by atoms with Crippen LogP contribution in [0.4, 0.5) is 17.1 Å². The zero-order valence-corrected chi connectivity index (χ0v) is 11.7. The van der Waals surface area contributed by atoms with Crippen molar-refractivity contribution >= 4 is 34.6 Å². The standard InChI is InChI=1S/C14H11ClN2O4/c1-8-2-5-11(15)13(6-8)16-12-7-9(17(20)21)3-4-10(12)14(18)19/h2-7,16H,1H3,(H,18,19). The summed E-state index contributed by atoms with van der Waals surface area (Å²) in [6.07, 6.45) is 0. The summed E-state index contributed by atoms with van der Waals surface area (Å²) < 4.78 is 0. The molecule has 0 aromatic heterocycles. The lowest BCUT2D eigenvalue weighted by atomic mass is 10.1. The van der Waals surface area contributed by atoms with Gasteiger partial charge in [0.2, 0.25) is 0 Å². The number of carboxylic acids is 1. The van der Waals surface area contributed by atoms with Gasteiger partial charge in [-0.25, -0.2) is 4.79 Å². The number of hydrogen-bond acceptors (Lipinski definition) is 4. The molecule has 2 rings (SSSR count). The Balaban J connectivity index is 2.50. The van der Waals surface area contributed by atoms with E-state index in [0.717, 1.165) is 11.6 Å². The second kappa shape index (κ2) is 5.80. The van der Waals surface area contributed by atoms with E-state index in [4.69, 9.17) is 16.7 Å². The van der Waals surface area contributed by atoms with E-state index in [2.05, 4.69) is 5.32 Å². The first-order valence-electron chi connectivity index (χ1n) is 5.93. The Hall–Kier alpha value is -2.60. The van der Waals surface area contributed by atoms with Crippen molar-refractivity contribution < 1.29 is 14.8 Å². The summed E-state index contributed by atoms with van der Waals surface area (Å²) in [5, 5.41) is 23.2. The molecule has 7 heteroatoms. The van der Waals surface area contributed by atoms with Gasteiger partial charge < -0.3 is 10.4 Å². The van der Waals surface area contributed by atoms with Gasteiger partial charge in [-0.15, -0.1) is 0 Å². The van der Waals surface area contributed by atoms with Crippen molar-refractivity contribution in [3.05, 3.63) is 62.7 Å². The number of nitro benzene ring substituents is 1. The van der Waals surface area contributed by atoms with Gasteiger partial charge in [0.15, 0.2) is 0 Å². The van der Waals surface area contributed by atoms with Crippen molar-refractivity contribution in [3.63, 3.8) is 0 Å². The molecular weight excluding hydrogens is 296 g/mol. The summed E-state index contributed by atoms with van der Waals surface area (Å²) in [6.45, 7) is 1.85. The number of carbonyl (C=O) groups is 1. The van der Waals surface area contributed by atoms with E-state index in [-0.39, 0.29) is 16.9 Å². The van der Waals surface area contributed by atoms with Crippen LogP contribution in [0.25, 0.3) is 0 Å². The molecule has 21 heavy (non-hydrogen) atoms. The van der Waals surface area contributed by atoms with Crippen molar-refractivity contribution in [2.45, 2.75) is 6.92 Å². The van der Waals surface area contributed by atoms with E-state index in [0.29, 0.717) is 10.7 Å². The minimum Gasteiger partial charge on any atom is -0.478 e. The van der Waals surface area contributed by atoms with Crippen molar-refractivity contribution in [1.82, 2.24) is 0 Å². The Kier molecular flexibility index (Phi) is 4.09. The van der Waals surface area contributed by atoms with Crippen LogP contribution in [0.2, 0.25) is 5.02 Å². The molecule has 2 N–H and O–H groups in total. The lowest BCUT2D eigenvalue weighted by molar-refractivity contribution is -0.384. The monoisotopic (exact) mass is 306 g/mol. The maximum atomic E-state index is 11.2. The van der Waals surface area contributed by atoms with E-state index in [1.165, 1.54) is 12.1 Å². The van der Waals surface area contributed by atoms with Gasteiger partial charge in [-0.05, 0) is 30.7 Å².